The van der Waals surface area contributed by atoms with Crippen molar-refractivity contribution in [2.24, 2.45) is 0 Å². The predicted molar refractivity (Wildman–Crippen MR) is 81.3 cm³/mol. The van der Waals surface area contributed by atoms with E-state index >= 15 is 0 Å². The average Bonchev–Trinajstić information content (AvgIpc) is 2.49. The van der Waals surface area contributed by atoms with Crippen molar-refractivity contribution in [3.8, 4) is 5.75 Å². The molecule has 0 aliphatic carbocycles. The Morgan fingerprint density at radius 1 is 1.00 bits per heavy atom. The van der Waals surface area contributed by atoms with Gasteiger partial charge in [-0.2, -0.15) is 0 Å². The molecule has 0 bridgehead atoms. The number of hydrogen-bond acceptors (Lipinski definition) is 1. The van der Waals surface area contributed by atoms with Crippen LogP contribution in [0.3, 0.4) is 0 Å². The lowest BCUT2D eigenvalue weighted by Gasteiger charge is -2.09. The van der Waals surface area contributed by atoms with Crippen LogP contribution in [0.2, 0.25) is 0 Å². The molecular weight excluding hydrogens is 232 g/mol. The first-order valence-corrected chi connectivity index (χ1v) is 6.36. The monoisotopic (exact) mass is 250 g/mol. The Hall–Kier alpha value is -2.28. The van der Waals surface area contributed by atoms with Crippen molar-refractivity contribution in [1.29, 1.82) is 0 Å². The van der Waals surface area contributed by atoms with Gasteiger partial charge < -0.3 is 4.74 Å². The smallest absolute Gasteiger partial charge is 0.118 e. The van der Waals surface area contributed by atoms with Gasteiger partial charge in [0.2, 0.25) is 0 Å². The van der Waals surface area contributed by atoms with E-state index in [1.807, 2.05) is 24.3 Å². The van der Waals surface area contributed by atoms with Crippen LogP contribution >= 0.6 is 0 Å². The lowest BCUT2D eigenvalue weighted by atomic mass is 9.97. The van der Waals surface area contributed by atoms with Crippen LogP contribution in [0.4, 0.5) is 0 Å². The van der Waals surface area contributed by atoms with E-state index in [9.17, 15) is 0 Å². The van der Waals surface area contributed by atoms with Gasteiger partial charge in [-0.25, -0.2) is 0 Å². The van der Waals surface area contributed by atoms with Crippen LogP contribution in [-0.2, 0) is 0 Å². The summed E-state index contributed by atoms with van der Waals surface area (Å²) in [6.07, 6.45) is 4.97. The standard InChI is InChI=1S/C18H18O/c1-3-4-10-18(15-8-6-5-7-9-15)16-11-13-17(19-2)14-12-16/h3,5-14H,1,4H2,2H3/b18-10-. The molecule has 2 aromatic rings. The van der Waals surface area contributed by atoms with Crippen molar-refractivity contribution < 1.29 is 4.74 Å². The summed E-state index contributed by atoms with van der Waals surface area (Å²) in [4.78, 5) is 0. The number of ether oxygens (including phenoxy) is 1. The highest BCUT2D eigenvalue weighted by molar-refractivity contribution is 5.80. The molecule has 0 amide bonds. The largest absolute Gasteiger partial charge is 0.497 e. The Balaban J connectivity index is 2.40. The molecule has 0 saturated carbocycles. The first-order chi connectivity index (χ1) is 9.35. The van der Waals surface area contributed by atoms with Gasteiger partial charge in [-0.15, -0.1) is 6.58 Å². The van der Waals surface area contributed by atoms with Gasteiger partial charge >= 0.3 is 0 Å². The van der Waals surface area contributed by atoms with Crippen molar-refractivity contribution in [3.05, 3.63) is 84.5 Å². The molecule has 19 heavy (non-hydrogen) atoms. The van der Waals surface area contributed by atoms with Crippen molar-refractivity contribution in [1.82, 2.24) is 0 Å². The third kappa shape index (κ3) is 3.35. The van der Waals surface area contributed by atoms with E-state index in [1.165, 1.54) is 16.7 Å². The molecule has 0 atom stereocenters. The lowest BCUT2D eigenvalue weighted by molar-refractivity contribution is 0.415. The molecule has 0 fully saturated rings. The summed E-state index contributed by atoms with van der Waals surface area (Å²) in [5, 5.41) is 0. The average molecular weight is 250 g/mol. The van der Waals surface area contributed by atoms with E-state index in [1.54, 1.807) is 7.11 Å². The van der Waals surface area contributed by atoms with Gasteiger partial charge in [0.15, 0.2) is 0 Å². The van der Waals surface area contributed by atoms with Crippen LogP contribution in [0.1, 0.15) is 17.5 Å². The Morgan fingerprint density at radius 3 is 2.21 bits per heavy atom. The van der Waals surface area contributed by atoms with Gasteiger partial charge in [0, 0.05) is 0 Å². The highest BCUT2D eigenvalue weighted by Crippen LogP contribution is 2.25. The van der Waals surface area contributed by atoms with Gasteiger partial charge in [0.25, 0.3) is 0 Å². The van der Waals surface area contributed by atoms with Gasteiger partial charge in [0.05, 0.1) is 7.11 Å². The van der Waals surface area contributed by atoms with Crippen LogP contribution in [0, 0.1) is 0 Å². The second kappa shape index (κ2) is 6.60. The second-order valence-corrected chi connectivity index (χ2v) is 4.24. The fraction of sp³-hybridized carbons (Fsp3) is 0.111. The summed E-state index contributed by atoms with van der Waals surface area (Å²) < 4.78 is 5.20. The van der Waals surface area contributed by atoms with Gasteiger partial charge in [-0.1, -0.05) is 54.6 Å². The maximum absolute atomic E-state index is 5.20. The molecule has 0 aromatic heterocycles. The topological polar surface area (TPSA) is 9.23 Å². The first-order valence-electron chi connectivity index (χ1n) is 6.36. The summed E-state index contributed by atoms with van der Waals surface area (Å²) in [5.74, 6) is 0.875. The zero-order valence-corrected chi connectivity index (χ0v) is 11.2. The minimum absolute atomic E-state index is 0.857. The van der Waals surface area contributed by atoms with E-state index in [2.05, 4.69) is 49.1 Å². The fourth-order valence-electron chi connectivity index (χ4n) is 1.99. The third-order valence-electron chi connectivity index (χ3n) is 2.97. The van der Waals surface area contributed by atoms with Crippen LogP contribution in [0.5, 0.6) is 5.75 Å². The summed E-state index contributed by atoms with van der Waals surface area (Å²) in [5.41, 5.74) is 3.63. The normalized spacial score (nSPS) is 11.1. The molecular formula is C18H18O. The Kier molecular flexibility index (Phi) is 4.57. The zero-order chi connectivity index (χ0) is 13.5. The number of benzene rings is 2. The summed E-state index contributed by atoms with van der Waals surface area (Å²) >= 11 is 0. The van der Waals surface area contributed by atoms with E-state index in [-0.39, 0.29) is 0 Å². The SMILES string of the molecule is C=CC/C=C(/c1ccccc1)c1ccc(OC)cc1. The molecule has 1 nitrogen and oxygen atoms in total. The van der Waals surface area contributed by atoms with Crippen molar-refractivity contribution in [3.63, 3.8) is 0 Å². The van der Waals surface area contributed by atoms with E-state index < -0.39 is 0 Å². The minimum atomic E-state index is 0.857. The van der Waals surface area contributed by atoms with Crippen molar-refractivity contribution in [2.75, 3.05) is 7.11 Å². The van der Waals surface area contributed by atoms with Gasteiger partial charge in [0.1, 0.15) is 5.75 Å². The lowest BCUT2D eigenvalue weighted by Crippen LogP contribution is -1.89. The summed E-state index contributed by atoms with van der Waals surface area (Å²) in [7, 11) is 1.68. The zero-order valence-electron chi connectivity index (χ0n) is 11.2. The minimum Gasteiger partial charge on any atom is -0.497 e. The maximum Gasteiger partial charge on any atom is 0.118 e. The Labute approximate surface area is 114 Å². The number of methoxy groups -OCH3 is 1. The molecule has 0 heterocycles. The van der Waals surface area contributed by atoms with Gasteiger partial charge in [-0.3, -0.25) is 0 Å². The molecule has 0 saturated heterocycles. The second-order valence-electron chi connectivity index (χ2n) is 4.24. The molecule has 0 unspecified atom stereocenters. The molecule has 2 aromatic carbocycles. The number of hydrogen-bond donors (Lipinski definition) is 0. The molecule has 2 rings (SSSR count). The van der Waals surface area contributed by atoms with Crippen LogP contribution < -0.4 is 4.74 Å². The molecule has 0 radical (unpaired) electrons. The van der Waals surface area contributed by atoms with Crippen molar-refractivity contribution in [2.45, 2.75) is 6.42 Å². The highest BCUT2D eigenvalue weighted by atomic mass is 16.5. The number of rotatable bonds is 5. The van der Waals surface area contributed by atoms with Crippen LogP contribution in [0.15, 0.2) is 73.3 Å². The first kappa shape index (κ1) is 13.2. The van der Waals surface area contributed by atoms with E-state index in [4.69, 9.17) is 4.74 Å². The van der Waals surface area contributed by atoms with Gasteiger partial charge in [-0.05, 0) is 35.3 Å². The molecule has 1 heteroatoms. The molecule has 0 aliphatic rings. The third-order valence-corrected chi connectivity index (χ3v) is 2.97. The fourth-order valence-corrected chi connectivity index (χ4v) is 1.99. The summed E-state index contributed by atoms with van der Waals surface area (Å²) in [6.45, 7) is 3.78. The molecule has 0 spiro atoms. The van der Waals surface area contributed by atoms with Crippen molar-refractivity contribution >= 4 is 5.57 Å². The Bertz CT molecular complexity index is 550. The van der Waals surface area contributed by atoms with Crippen LogP contribution in [-0.4, -0.2) is 7.11 Å². The predicted octanol–water partition coefficient (Wildman–Crippen LogP) is 4.70. The molecule has 0 aliphatic heterocycles. The van der Waals surface area contributed by atoms with E-state index in [0.717, 1.165) is 12.2 Å². The Morgan fingerprint density at radius 2 is 1.63 bits per heavy atom. The van der Waals surface area contributed by atoms with Crippen LogP contribution in [0.25, 0.3) is 5.57 Å². The summed E-state index contributed by atoms with van der Waals surface area (Å²) in [6, 6.07) is 18.5. The maximum atomic E-state index is 5.20. The molecule has 0 N–H and O–H groups in total. The van der Waals surface area contributed by atoms with E-state index in [0.29, 0.717) is 0 Å². The number of allylic oxidation sites excluding steroid dienone is 2. The molecule has 96 valence electrons. The quantitative estimate of drug-likeness (QED) is 0.699. The highest BCUT2D eigenvalue weighted by Gasteiger charge is 2.04.